The third-order valence-corrected chi connectivity index (χ3v) is 7.05. The van der Waals surface area contributed by atoms with Crippen LogP contribution in [0.15, 0.2) is 115 Å². The molecular formula is C35H32N2. The lowest BCUT2D eigenvalue weighted by molar-refractivity contribution is 0.647. The quantitative estimate of drug-likeness (QED) is 0.251. The van der Waals surface area contributed by atoms with E-state index in [1.807, 2.05) is 18.2 Å². The fourth-order valence-corrected chi connectivity index (χ4v) is 5.47. The van der Waals surface area contributed by atoms with Crippen LogP contribution in [0.4, 0.5) is 11.4 Å². The molecule has 5 aromatic carbocycles. The van der Waals surface area contributed by atoms with Gasteiger partial charge in [0.1, 0.15) is 0 Å². The Balaban J connectivity index is 1.48. The predicted molar refractivity (Wildman–Crippen MR) is 159 cm³/mol. The van der Waals surface area contributed by atoms with Crippen LogP contribution in [0.2, 0.25) is 0 Å². The van der Waals surface area contributed by atoms with Gasteiger partial charge in [-0.25, -0.2) is 0 Å². The number of aromatic nitrogens is 1. The summed E-state index contributed by atoms with van der Waals surface area (Å²) >= 11 is 0. The number of fused-ring (bicyclic) bond motifs is 3. The molecule has 0 atom stereocenters. The Labute approximate surface area is 219 Å². The molecule has 37 heavy (non-hydrogen) atoms. The molecule has 2 heteroatoms. The van der Waals surface area contributed by atoms with Gasteiger partial charge in [-0.1, -0.05) is 74.5 Å². The van der Waals surface area contributed by atoms with E-state index in [-0.39, 0.29) is 0 Å². The first-order valence-electron chi connectivity index (χ1n) is 13.1. The highest BCUT2D eigenvalue weighted by atomic mass is 15.0. The zero-order chi connectivity index (χ0) is 25.4. The zero-order valence-corrected chi connectivity index (χ0v) is 21.7. The molecule has 6 rings (SSSR count). The summed E-state index contributed by atoms with van der Waals surface area (Å²) in [6, 6.07) is 41.5. The van der Waals surface area contributed by atoms with Crippen LogP contribution >= 0.6 is 0 Å². The zero-order valence-electron chi connectivity index (χ0n) is 21.7. The molecular weight excluding hydrogens is 448 g/mol. The molecule has 0 aliphatic carbocycles. The predicted octanol–water partition coefficient (Wildman–Crippen LogP) is 9.70. The van der Waals surface area contributed by atoms with E-state index in [0.717, 1.165) is 17.8 Å². The van der Waals surface area contributed by atoms with Crippen molar-refractivity contribution in [1.29, 1.82) is 0 Å². The van der Waals surface area contributed by atoms with Crippen molar-refractivity contribution in [3.8, 4) is 16.8 Å². The van der Waals surface area contributed by atoms with Crippen molar-refractivity contribution in [2.24, 2.45) is 5.92 Å². The summed E-state index contributed by atoms with van der Waals surface area (Å²) in [4.78, 5) is 0. The van der Waals surface area contributed by atoms with Crippen LogP contribution in [0.5, 0.6) is 0 Å². The minimum atomic E-state index is 0.623. The van der Waals surface area contributed by atoms with Crippen LogP contribution in [0.1, 0.15) is 25.0 Å². The minimum absolute atomic E-state index is 0.623. The number of aryl methyl sites for hydroxylation is 1. The molecule has 0 aliphatic heterocycles. The summed E-state index contributed by atoms with van der Waals surface area (Å²) in [7, 11) is 0. The van der Waals surface area contributed by atoms with Crippen molar-refractivity contribution in [3.05, 3.63) is 126 Å². The highest BCUT2D eigenvalue weighted by molar-refractivity contribution is 6.11. The Morgan fingerprint density at radius 1 is 0.649 bits per heavy atom. The van der Waals surface area contributed by atoms with Crippen molar-refractivity contribution in [3.63, 3.8) is 0 Å². The van der Waals surface area contributed by atoms with Gasteiger partial charge in [0.05, 0.1) is 11.0 Å². The fraction of sp³-hybridized carbons (Fsp3) is 0.143. The highest BCUT2D eigenvalue weighted by Gasteiger charge is 2.16. The average molecular weight is 481 g/mol. The Morgan fingerprint density at radius 2 is 1.30 bits per heavy atom. The summed E-state index contributed by atoms with van der Waals surface area (Å²) in [6.07, 6.45) is 1.09. The third-order valence-electron chi connectivity index (χ3n) is 7.05. The molecule has 0 radical (unpaired) electrons. The number of para-hydroxylation sites is 2. The average Bonchev–Trinajstić information content (AvgIpc) is 3.24. The molecule has 1 heterocycles. The summed E-state index contributed by atoms with van der Waals surface area (Å²) in [5, 5.41) is 6.12. The molecule has 2 nitrogen and oxygen atoms in total. The van der Waals surface area contributed by atoms with E-state index < -0.39 is 0 Å². The molecule has 0 saturated heterocycles. The van der Waals surface area contributed by atoms with Gasteiger partial charge in [0.25, 0.3) is 0 Å². The number of hydrogen-bond acceptors (Lipinski definition) is 1. The number of nitrogens with zero attached hydrogens (tertiary/aromatic N) is 1. The van der Waals surface area contributed by atoms with E-state index in [1.54, 1.807) is 0 Å². The Kier molecular flexibility index (Phi) is 6.02. The molecule has 0 aliphatic rings. The van der Waals surface area contributed by atoms with E-state index in [4.69, 9.17) is 0 Å². The van der Waals surface area contributed by atoms with Gasteiger partial charge < -0.3 is 9.88 Å². The number of hydrogen-bond donors (Lipinski definition) is 1. The van der Waals surface area contributed by atoms with Gasteiger partial charge in [-0.3, -0.25) is 0 Å². The van der Waals surface area contributed by atoms with Crippen molar-refractivity contribution in [2.45, 2.75) is 27.2 Å². The normalized spacial score (nSPS) is 11.5. The van der Waals surface area contributed by atoms with Gasteiger partial charge in [0, 0.05) is 27.8 Å². The summed E-state index contributed by atoms with van der Waals surface area (Å²) in [5.41, 5.74) is 11.1. The second kappa shape index (κ2) is 9.63. The molecule has 0 amide bonds. The first kappa shape index (κ1) is 23.1. The van der Waals surface area contributed by atoms with Crippen LogP contribution in [-0.2, 0) is 6.42 Å². The first-order chi connectivity index (χ1) is 18.1. The standard InChI is InChI=1S/C35H32N2/c1-24(2)20-26-21-25(3)35-33(22-26)32-23-28(16-19-34(32)37(35)31-12-8-5-9-13-31)27-14-17-30(18-15-27)36-29-10-6-4-7-11-29/h4-19,21-24,36H,20H2,1-3H3. The fourth-order valence-electron chi connectivity index (χ4n) is 5.47. The lowest BCUT2D eigenvalue weighted by Gasteiger charge is -2.11. The van der Waals surface area contributed by atoms with Crippen molar-refractivity contribution < 1.29 is 0 Å². The van der Waals surface area contributed by atoms with Gasteiger partial charge >= 0.3 is 0 Å². The largest absolute Gasteiger partial charge is 0.356 e. The Morgan fingerprint density at radius 3 is 2.00 bits per heavy atom. The first-order valence-corrected chi connectivity index (χ1v) is 13.1. The van der Waals surface area contributed by atoms with Gasteiger partial charge in [-0.2, -0.15) is 0 Å². The van der Waals surface area contributed by atoms with Gasteiger partial charge in [0.2, 0.25) is 0 Å². The molecule has 0 saturated carbocycles. The number of benzene rings is 5. The van der Waals surface area contributed by atoms with E-state index >= 15 is 0 Å². The monoisotopic (exact) mass is 480 g/mol. The number of nitrogens with one attached hydrogen (secondary N) is 1. The van der Waals surface area contributed by atoms with E-state index in [0.29, 0.717) is 5.92 Å². The van der Waals surface area contributed by atoms with Crippen LogP contribution < -0.4 is 5.32 Å². The minimum Gasteiger partial charge on any atom is -0.356 e. The molecule has 1 N–H and O–H groups in total. The Hall–Kier alpha value is -4.30. The van der Waals surface area contributed by atoms with Crippen molar-refractivity contribution in [1.82, 2.24) is 4.57 Å². The molecule has 1 aromatic heterocycles. The van der Waals surface area contributed by atoms with Gasteiger partial charge in [-0.15, -0.1) is 0 Å². The van der Waals surface area contributed by atoms with E-state index in [9.17, 15) is 0 Å². The molecule has 6 aromatic rings. The Bertz CT molecular complexity index is 1680. The van der Waals surface area contributed by atoms with Crippen molar-refractivity contribution >= 4 is 33.2 Å². The second-order valence-corrected chi connectivity index (χ2v) is 10.4. The maximum Gasteiger partial charge on any atom is 0.0570 e. The topological polar surface area (TPSA) is 17.0 Å². The maximum absolute atomic E-state index is 3.48. The van der Waals surface area contributed by atoms with Gasteiger partial charge in [-0.05, 0) is 96.1 Å². The molecule has 0 spiro atoms. The van der Waals surface area contributed by atoms with Crippen molar-refractivity contribution in [2.75, 3.05) is 5.32 Å². The molecule has 0 unspecified atom stereocenters. The third kappa shape index (κ3) is 4.51. The molecule has 0 fully saturated rings. The maximum atomic E-state index is 3.48. The van der Waals surface area contributed by atoms with E-state index in [1.165, 1.54) is 49.7 Å². The lowest BCUT2D eigenvalue weighted by Crippen LogP contribution is -1.97. The molecule has 182 valence electrons. The van der Waals surface area contributed by atoms with Crippen LogP contribution in [0.3, 0.4) is 0 Å². The SMILES string of the molecule is Cc1cc(CC(C)C)cc2c3cc(-c4ccc(Nc5ccccc5)cc4)ccc3n(-c3ccccc3)c12. The number of rotatable bonds is 6. The van der Waals surface area contributed by atoms with Crippen LogP contribution in [0.25, 0.3) is 38.6 Å². The lowest BCUT2D eigenvalue weighted by atomic mass is 9.97. The summed E-state index contributed by atoms with van der Waals surface area (Å²) < 4.78 is 2.43. The molecule has 0 bridgehead atoms. The van der Waals surface area contributed by atoms with Gasteiger partial charge in [0.15, 0.2) is 0 Å². The second-order valence-electron chi connectivity index (χ2n) is 10.4. The highest BCUT2D eigenvalue weighted by Crippen LogP contribution is 2.37. The van der Waals surface area contributed by atoms with E-state index in [2.05, 4.69) is 128 Å². The van der Waals surface area contributed by atoms with Crippen LogP contribution in [0, 0.1) is 12.8 Å². The number of anilines is 2. The smallest absolute Gasteiger partial charge is 0.0570 e. The van der Waals surface area contributed by atoms with Crippen LogP contribution in [-0.4, -0.2) is 4.57 Å². The summed E-state index contributed by atoms with van der Waals surface area (Å²) in [6.45, 7) is 6.84. The summed E-state index contributed by atoms with van der Waals surface area (Å²) in [5.74, 6) is 0.623.